The van der Waals surface area contributed by atoms with E-state index in [1.807, 2.05) is 13.0 Å². The van der Waals surface area contributed by atoms with Crippen LogP contribution in [0.15, 0.2) is 108 Å². The zero-order chi connectivity index (χ0) is 29.7. The highest BCUT2D eigenvalue weighted by Gasteiger charge is 2.18. The molecule has 0 unspecified atom stereocenters. The number of hydrogen-bond donors (Lipinski definition) is 3. The van der Waals surface area contributed by atoms with Crippen molar-refractivity contribution in [3.05, 3.63) is 120 Å². The Morgan fingerprint density at radius 2 is 1.40 bits per heavy atom. The van der Waals surface area contributed by atoms with Gasteiger partial charge < -0.3 is 20.1 Å². The third-order valence-corrected chi connectivity index (χ3v) is 5.69. The van der Waals surface area contributed by atoms with Crippen molar-refractivity contribution in [1.82, 2.24) is 5.43 Å². The Kier molecular flexibility index (Phi) is 10.1. The highest BCUT2D eigenvalue weighted by atomic mass is 16.5. The summed E-state index contributed by atoms with van der Waals surface area (Å²) in [5.41, 5.74) is 4.05. The molecule has 0 heterocycles. The first kappa shape index (κ1) is 29.2. The van der Waals surface area contributed by atoms with Gasteiger partial charge in [-0.1, -0.05) is 37.3 Å². The van der Waals surface area contributed by atoms with Crippen LogP contribution in [0.4, 0.5) is 11.4 Å². The molecule has 10 nitrogen and oxygen atoms in total. The van der Waals surface area contributed by atoms with Gasteiger partial charge in [-0.2, -0.15) is 5.10 Å². The number of para-hydroxylation sites is 2. The van der Waals surface area contributed by atoms with Crippen molar-refractivity contribution in [3.63, 3.8) is 0 Å². The van der Waals surface area contributed by atoms with E-state index in [-0.39, 0.29) is 11.3 Å². The van der Waals surface area contributed by atoms with Gasteiger partial charge in [-0.25, -0.2) is 10.2 Å². The molecule has 0 saturated carbocycles. The molecule has 42 heavy (non-hydrogen) atoms. The van der Waals surface area contributed by atoms with E-state index < -0.39 is 23.7 Å². The van der Waals surface area contributed by atoms with Crippen LogP contribution in [0.3, 0.4) is 0 Å². The number of carbonyl (C=O) groups excluding carboxylic acids is 4. The van der Waals surface area contributed by atoms with Gasteiger partial charge in [0.25, 0.3) is 5.91 Å². The predicted molar refractivity (Wildman–Crippen MR) is 159 cm³/mol. The number of carbonyl (C=O) groups is 4. The number of nitrogens with zero attached hydrogens (tertiary/aromatic N) is 1. The minimum Gasteiger partial charge on any atom is -0.494 e. The second-order valence-electron chi connectivity index (χ2n) is 8.85. The third-order valence-electron chi connectivity index (χ3n) is 5.69. The summed E-state index contributed by atoms with van der Waals surface area (Å²) in [6.45, 7) is 2.61. The lowest BCUT2D eigenvalue weighted by Crippen LogP contribution is -2.33. The summed E-state index contributed by atoms with van der Waals surface area (Å²) in [7, 11) is 0. The number of esters is 1. The maximum Gasteiger partial charge on any atom is 0.343 e. The first-order chi connectivity index (χ1) is 20.4. The Morgan fingerprint density at radius 1 is 0.738 bits per heavy atom. The molecule has 4 aromatic rings. The van der Waals surface area contributed by atoms with Gasteiger partial charge in [0.1, 0.15) is 11.5 Å². The number of benzene rings is 4. The summed E-state index contributed by atoms with van der Waals surface area (Å²) < 4.78 is 10.9. The third kappa shape index (κ3) is 8.36. The highest BCUT2D eigenvalue weighted by Crippen LogP contribution is 2.18. The molecule has 0 aliphatic rings. The topological polar surface area (TPSA) is 135 Å². The Labute approximate surface area is 242 Å². The molecule has 10 heteroatoms. The molecular formula is C32H28N4O6. The molecular weight excluding hydrogens is 536 g/mol. The van der Waals surface area contributed by atoms with Gasteiger partial charge in [-0.05, 0) is 84.8 Å². The lowest BCUT2D eigenvalue weighted by Gasteiger charge is -2.11. The van der Waals surface area contributed by atoms with Crippen molar-refractivity contribution in [2.45, 2.75) is 13.3 Å². The normalized spacial score (nSPS) is 10.5. The smallest absolute Gasteiger partial charge is 0.343 e. The van der Waals surface area contributed by atoms with E-state index >= 15 is 0 Å². The molecule has 0 atom stereocenters. The van der Waals surface area contributed by atoms with Gasteiger partial charge in [0.15, 0.2) is 0 Å². The van der Waals surface area contributed by atoms with Gasteiger partial charge in [-0.15, -0.1) is 0 Å². The molecule has 212 valence electrons. The van der Waals surface area contributed by atoms with Crippen LogP contribution in [0.5, 0.6) is 11.5 Å². The minimum absolute atomic E-state index is 0.168. The molecule has 4 rings (SSSR count). The average molecular weight is 565 g/mol. The number of hydrogen-bond acceptors (Lipinski definition) is 7. The number of hydrazone groups is 1. The van der Waals surface area contributed by atoms with Crippen molar-refractivity contribution >= 4 is 41.3 Å². The van der Waals surface area contributed by atoms with E-state index in [0.717, 1.165) is 6.42 Å². The number of nitrogens with one attached hydrogen (secondary N) is 3. The Bertz CT molecular complexity index is 1570. The summed E-state index contributed by atoms with van der Waals surface area (Å²) in [6.07, 6.45) is 2.21. The summed E-state index contributed by atoms with van der Waals surface area (Å²) in [5, 5.41) is 8.97. The fraction of sp³-hybridized carbons (Fsp3) is 0.0938. The van der Waals surface area contributed by atoms with Gasteiger partial charge in [0.05, 0.1) is 29.6 Å². The van der Waals surface area contributed by atoms with E-state index in [1.165, 1.54) is 18.3 Å². The van der Waals surface area contributed by atoms with E-state index in [0.29, 0.717) is 34.9 Å². The molecule has 0 spiro atoms. The molecule has 0 fully saturated rings. The van der Waals surface area contributed by atoms with Gasteiger partial charge in [-0.3, -0.25) is 14.4 Å². The number of rotatable bonds is 10. The average Bonchev–Trinajstić information content (AvgIpc) is 3.01. The second kappa shape index (κ2) is 14.6. The zero-order valence-corrected chi connectivity index (χ0v) is 22.7. The molecule has 3 N–H and O–H groups in total. The number of anilines is 2. The first-order valence-corrected chi connectivity index (χ1v) is 13.1. The molecule has 0 aliphatic heterocycles. The van der Waals surface area contributed by atoms with Crippen molar-refractivity contribution in [2.24, 2.45) is 5.10 Å². The molecule has 0 bridgehead atoms. The first-order valence-electron chi connectivity index (χ1n) is 13.1. The maximum atomic E-state index is 12.7. The van der Waals surface area contributed by atoms with E-state index in [1.54, 1.807) is 84.9 Å². The quantitative estimate of drug-likeness (QED) is 0.0813. The fourth-order valence-electron chi connectivity index (χ4n) is 3.60. The molecule has 0 radical (unpaired) electrons. The number of amides is 3. The Morgan fingerprint density at radius 3 is 2.12 bits per heavy atom. The van der Waals surface area contributed by atoms with Crippen molar-refractivity contribution in [3.8, 4) is 11.5 Å². The fourth-order valence-corrected chi connectivity index (χ4v) is 3.60. The van der Waals surface area contributed by atoms with E-state index in [2.05, 4.69) is 21.2 Å². The minimum atomic E-state index is -1.03. The van der Waals surface area contributed by atoms with Gasteiger partial charge in [0, 0.05) is 5.69 Å². The van der Waals surface area contributed by atoms with Crippen LogP contribution in [0.25, 0.3) is 0 Å². The van der Waals surface area contributed by atoms with Crippen LogP contribution >= 0.6 is 0 Å². The summed E-state index contributed by atoms with van der Waals surface area (Å²) in [5.74, 6) is -1.99. The standard InChI is InChI=1S/C32H28N4O6/c1-2-20-41-25-18-14-23(15-19-25)32(40)42-26-16-12-22(13-17-26)21-33-36-31(39)30(38)35-28-11-7-6-10-27(28)29(37)34-24-8-4-3-5-9-24/h3-19,21H,2,20H2,1H3,(H,34,37)(H,35,38)(H,36,39)/b33-21+. The highest BCUT2D eigenvalue weighted by molar-refractivity contribution is 6.40. The molecule has 3 amide bonds. The second-order valence-corrected chi connectivity index (χ2v) is 8.85. The molecule has 0 aromatic heterocycles. The van der Waals surface area contributed by atoms with Crippen LogP contribution in [-0.4, -0.2) is 36.5 Å². The molecule has 4 aromatic carbocycles. The van der Waals surface area contributed by atoms with Crippen LogP contribution in [0, 0.1) is 0 Å². The monoisotopic (exact) mass is 564 g/mol. The Hall–Kier alpha value is -5.77. The maximum absolute atomic E-state index is 12.7. The molecule has 0 aliphatic carbocycles. The van der Waals surface area contributed by atoms with Crippen LogP contribution < -0.4 is 25.5 Å². The summed E-state index contributed by atoms with van der Waals surface area (Å²) >= 11 is 0. The lowest BCUT2D eigenvalue weighted by atomic mass is 10.1. The summed E-state index contributed by atoms with van der Waals surface area (Å²) in [6, 6.07) is 28.2. The largest absolute Gasteiger partial charge is 0.494 e. The Balaban J connectivity index is 1.27. The van der Waals surface area contributed by atoms with Crippen molar-refractivity contribution in [2.75, 3.05) is 17.2 Å². The van der Waals surface area contributed by atoms with E-state index in [4.69, 9.17) is 9.47 Å². The van der Waals surface area contributed by atoms with Crippen LogP contribution in [0.2, 0.25) is 0 Å². The van der Waals surface area contributed by atoms with Crippen molar-refractivity contribution < 1.29 is 28.7 Å². The lowest BCUT2D eigenvalue weighted by molar-refractivity contribution is -0.136. The number of ether oxygens (including phenoxy) is 2. The van der Waals surface area contributed by atoms with Crippen molar-refractivity contribution in [1.29, 1.82) is 0 Å². The van der Waals surface area contributed by atoms with Crippen LogP contribution in [-0.2, 0) is 9.59 Å². The summed E-state index contributed by atoms with van der Waals surface area (Å²) in [4.78, 5) is 49.8. The van der Waals surface area contributed by atoms with Gasteiger partial charge >= 0.3 is 17.8 Å². The van der Waals surface area contributed by atoms with E-state index in [9.17, 15) is 19.2 Å². The zero-order valence-electron chi connectivity index (χ0n) is 22.7. The SMILES string of the molecule is CCCOc1ccc(C(=O)Oc2ccc(/C=N/NC(=O)C(=O)Nc3ccccc3C(=O)Nc3ccccc3)cc2)cc1. The predicted octanol–water partition coefficient (Wildman–Crippen LogP) is 5.04. The van der Waals surface area contributed by atoms with Crippen LogP contribution in [0.1, 0.15) is 39.6 Å². The van der Waals surface area contributed by atoms with Gasteiger partial charge in [0.2, 0.25) is 0 Å². The molecule has 0 saturated heterocycles.